The molecule has 0 amide bonds. The summed E-state index contributed by atoms with van der Waals surface area (Å²) in [6.07, 6.45) is 0. The SMILES string of the molecule is Brc1ccc2oc3cc4c(cc3c2c1)oc1ccc(-c2ccccc2)cc14.Brc1ccc2oc3cc4c(cc3c2c1)oc1ccc(Br)cc14.OB(O)c1ccccc1. The van der Waals surface area contributed by atoms with Gasteiger partial charge in [-0.15, -0.1) is 0 Å². The van der Waals surface area contributed by atoms with Gasteiger partial charge in [-0.3, -0.25) is 0 Å². The Morgan fingerprint density at radius 3 is 1.00 bits per heavy atom. The van der Waals surface area contributed by atoms with Crippen molar-refractivity contribution in [1.82, 2.24) is 0 Å². The highest BCUT2D eigenvalue weighted by molar-refractivity contribution is 9.11. The van der Waals surface area contributed by atoms with E-state index in [1.807, 2.05) is 54.6 Å². The zero-order valence-corrected chi connectivity index (χ0v) is 35.0. The largest absolute Gasteiger partial charge is 0.488 e. The van der Waals surface area contributed by atoms with Gasteiger partial charge < -0.3 is 27.7 Å². The minimum Gasteiger partial charge on any atom is -0.456 e. The molecule has 0 unspecified atom stereocenters. The van der Waals surface area contributed by atoms with Crippen LogP contribution in [0.2, 0.25) is 0 Å². The summed E-state index contributed by atoms with van der Waals surface area (Å²) in [6, 6.07) is 51.9. The first-order valence-corrected chi connectivity index (χ1v) is 20.7. The van der Waals surface area contributed by atoms with E-state index >= 15 is 0 Å². The lowest BCUT2D eigenvalue weighted by Gasteiger charge is -2.01. The average Bonchev–Trinajstić information content (AvgIpc) is 3.99. The van der Waals surface area contributed by atoms with Gasteiger partial charge in [-0.05, 0) is 108 Å². The van der Waals surface area contributed by atoms with Crippen molar-refractivity contribution in [3.05, 3.63) is 171 Å². The second-order valence-corrected chi connectivity index (χ2v) is 16.6. The van der Waals surface area contributed by atoms with Gasteiger partial charge in [-0.25, -0.2) is 0 Å². The molecule has 4 heterocycles. The average molecular weight is 951 g/mol. The monoisotopic (exact) mass is 948 g/mol. The van der Waals surface area contributed by atoms with Crippen LogP contribution in [0, 0.1) is 0 Å². The van der Waals surface area contributed by atoms with Crippen LogP contribution >= 0.6 is 47.8 Å². The van der Waals surface area contributed by atoms with Gasteiger partial charge >= 0.3 is 7.12 Å². The molecule has 12 aromatic rings. The Hall–Kier alpha value is -5.62. The van der Waals surface area contributed by atoms with Crippen molar-refractivity contribution in [1.29, 1.82) is 0 Å². The Bertz CT molecular complexity index is 3380. The molecule has 0 aliphatic rings. The maximum atomic E-state index is 8.58. The van der Waals surface area contributed by atoms with Crippen LogP contribution in [0.5, 0.6) is 0 Å². The predicted molar refractivity (Wildman–Crippen MR) is 247 cm³/mol. The molecule has 0 radical (unpaired) electrons. The zero-order chi connectivity index (χ0) is 39.5. The summed E-state index contributed by atoms with van der Waals surface area (Å²) in [7, 11) is -1.34. The van der Waals surface area contributed by atoms with Crippen LogP contribution in [0.4, 0.5) is 0 Å². The van der Waals surface area contributed by atoms with E-state index in [0.29, 0.717) is 5.46 Å². The first kappa shape index (κ1) is 36.7. The number of hydrogen-bond acceptors (Lipinski definition) is 6. The molecule has 280 valence electrons. The number of fused-ring (bicyclic) bond motifs is 12. The van der Waals surface area contributed by atoms with Gasteiger partial charge in [0.05, 0.1) is 0 Å². The second-order valence-electron chi connectivity index (χ2n) is 13.9. The zero-order valence-electron chi connectivity index (χ0n) is 30.2. The molecule has 12 rings (SSSR count). The van der Waals surface area contributed by atoms with E-state index < -0.39 is 7.12 Å². The first-order chi connectivity index (χ1) is 28.3. The summed E-state index contributed by atoms with van der Waals surface area (Å²) in [6.45, 7) is 0. The molecule has 58 heavy (non-hydrogen) atoms. The Labute approximate surface area is 355 Å². The van der Waals surface area contributed by atoms with Gasteiger partial charge in [0.25, 0.3) is 0 Å². The summed E-state index contributed by atoms with van der Waals surface area (Å²) in [5.74, 6) is 0. The smallest absolute Gasteiger partial charge is 0.456 e. The Kier molecular flexibility index (Phi) is 9.47. The van der Waals surface area contributed by atoms with Crippen LogP contribution in [0.1, 0.15) is 0 Å². The molecule has 4 aromatic heterocycles. The second kappa shape index (κ2) is 15.0. The molecule has 0 bridgehead atoms. The van der Waals surface area contributed by atoms with E-state index in [2.05, 4.69) is 127 Å². The quantitative estimate of drug-likeness (QED) is 0.168. The number of halogens is 3. The van der Waals surface area contributed by atoms with Crippen LogP contribution < -0.4 is 5.46 Å². The molecule has 0 atom stereocenters. The Morgan fingerprint density at radius 2 is 0.638 bits per heavy atom. The van der Waals surface area contributed by atoms with E-state index in [-0.39, 0.29) is 0 Å². The highest BCUT2D eigenvalue weighted by Gasteiger charge is 2.16. The Balaban J connectivity index is 0.000000118. The predicted octanol–water partition coefficient (Wildman–Crippen LogP) is 14.3. The molecule has 8 aromatic carbocycles. The Morgan fingerprint density at radius 1 is 0.310 bits per heavy atom. The van der Waals surface area contributed by atoms with Crippen molar-refractivity contribution in [3.8, 4) is 11.1 Å². The standard InChI is InChI=1S/C24H13BrO2.C18H8Br2O2.C6H7BO2/c25-16-7-9-22-18(11-16)20-13-23-19(12-24(20)27-22)17-10-15(6-8-21(17)26-23)14-4-2-1-3-5-14;19-9-1-3-15-11(5-9)13-7-18-14(8-17(13)21-15)12-6-10(20)2-4-16(12)22-18;8-7(9)6-4-2-1-3-5-6/h1-13H;1-8H;1-5,8-9H. The van der Waals surface area contributed by atoms with E-state index in [1.54, 1.807) is 24.3 Å². The molecule has 0 aliphatic heterocycles. The van der Waals surface area contributed by atoms with Gasteiger partial charge in [0.2, 0.25) is 0 Å². The number of hydrogen-bond donors (Lipinski definition) is 2. The van der Waals surface area contributed by atoms with E-state index in [0.717, 1.165) is 101 Å². The molecule has 0 aliphatic carbocycles. The van der Waals surface area contributed by atoms with Crippen molar-refractivity contribution in [2.45, 2.75) is 0 Å². The van der Waals surface area contributed by atoms with Crippen molar-refractivity contribution < 1.29 is 27.7 Å². The van der Waals surface area contributed by atoms with Crippen LogP contribution in [0.15, 0.2) is 189 Å². The first-order valence-electron chi connectivity index (χ1n) is 18.3. The van der Waals surface area contributed by atoms with Gasteiger partial charge in [-0.1, -0.05) is 115 Å². The fraction of sp³-hybridized carbons (Fsp3) is 0. The van der Waals surface area contributed by atoms with Crippen LogP contribution in [-0.4, -0.2) is 17.2 Å². The summed E-state index contributed by atoms with van der Waals surface area (Å²) < 4.78 is 27.3. The summed E-state index contributed by atoms with van der Waals surface area (Å²) in [5.41, 5.74) is 9.96. The lowest BCUT2D eigenvalue weighted by atomic mass is 9.81. The van der Waals surface area contributed by atoms with Crippen molar-refractivity contribution in [2.24, 2.45) is 0 Å². The molecular formula is C48H28BBr3O6. The third-order valence-electron chi connectivity index (χ3n) is 10.2. The highest BCUT2D eigenvalue weighted by Crippen LogP contribution is 2.40. The van der Waals surface area contributed by atoms with Crippen molar-refractivity contribution >= 4 is 148 Å². The maximum absolute atomic E-state index is 8.58. The van der Waals surface area contributed by atoms with Gasteiger partial charge in [-0.2, -0.15) is 0 Å². The fourth-order valence-corrected chi connectivity index (χ4v) is 8.53. The van der Waals surface area contributed by atoms with Gasteiger partial charge in [0, 0.05) is 56.5 Å². The number of rotatable bonds is 2. The molecule has 0 saturated heterocycles. The molecular weight excluding hydrogens is 923 g/mol. The fourth-order valence-electron chi connectivity index (χ4n) is 7.44. The van der Waals surface area contributed by atoms with Crippen LogP contribution in [0.25, 0.3) is 98.9 Å². The van der Waals surface area contributed by atoms with Gasteiger partial charge in [0.1, 0.15) is 44.7 Å². The third kappa shape index (κ3) is 6.80. The van der Waals surface area contributed by atoms with Crippen LogP contribution in [-0.2, 0) is 0 Å². The molecule has 6 nitrogen and oxygen atoms in total. The third-order valence-corrected chi connectivity index (χ3v) is 11.7. The lowest BCUT2D eigenvalue weighted by Crippen LogP contribution is -2.29. The van der Waals surface area contributed by atoms with E-state index in [9.17, 15) is 0 Å². The van der Waals surface area contributed by atoms with Crippen LogP contribution in [0.3, 0.4) is 0 Å². The maximum Gasteiger partial charge on any atom is 0.488 e. The molecule has 10 heteroatoms. The summed E-state index contributed by atoms with van der Waals surface area (Å²) in [5, 5.41) is 25.8. The normalized spacial score (nSPS) is 11.5. The molecule has 2 N–H and O–H groups in total. The van der Waals surface area contributed by atoms with E-state index in [4.69, 9.17) is 27.7 Å². The topological polar surface area (TPSA) is 93.0 Å². The van der Waals surface area contributed by atoms with Gasteiger partial charge in [0.15, 0.2) is 0 Å². The number of benzene rings is 8. The summed E-state index contributed by atoms with van der Waals surface area (Å²) >= 11 is 10.6. The highest BCUT2D eigenvalue weighted by atomic mass is 79.9. The lowest BCUT2D eigenvalue weighted by molar-refractivity contribution is 0.426. The van der Waals surface area contributed by atoms with Crippen molar-refractivity contribution in [3.63, 3.8) is 0 Å². The number of furan rings is 4. The minimum absolute atomic E-state index is 0.525. The minimum atomic E-state index is -1.34. The molecule has 0 spiro atoms. The van der Waals surface area contributed by atoms with Crippen molar-refractivity contribution in [2.75, 3.05) is 0 Å². The van der Waals surface area contributed by atoms with E-state index in [1.165, 1.54) is 11.1 Å². The molecule has 0 fully saturated rings. The summed E-state index contributed by atoms with van der Waals surface area (Å²) in [4.78, 5) is 0. The molecule has 0 saturated carbocycles.